The molecule has 0 saturated carbocycles. The van der Waals surface area contributed by atoms with Gasteiger partial charge >= 0.3 is 0 Å². The molecule has 150 valence electrons. The Morgan fingerprint density at radius 1 is 1.24 bits per heavy atom. The number of rotatable bonds is 5. The van der Waals surface area contributed by atoms with Gasteiger partial charge in [0.1, 0.15) is 29.3 Å². The lowest BCUT2D eigenvalue weighted by molar-refractivity contribution is -0.125. The summed E-state index contributed by atoms with van der Waals surface area (Å²) in [5.74, 6) is 1.71. The number of anilines is 1. The Morgan fingerprint density at radius 2 is 1.97 bits per heavy atom. The number of nitrogens with zero attached hydrogens (tertiary/aromatic N) is 4. The molecule has 1 aromatic carbocycles. The van der Waals surface area contributed by atoms with E-state index in [1.807, 2.05) is 24.4 Å². The van der Waals surface area contributed by atoms with E-state index in [9.17, 15) is 4.79 Å². The standard InChI is InChI=1S/C21H23N5O3/c1-4-18(27)25-6-5-14(10-25)26-11-17(19-20(22)23-12-24-21(19)26)13-7-15(28-2)9-16(8-13)29-3/h4,7-9,11-12,14H,1,5-6,10H2,2-3H3,(H2,22,23,24). The predicted molar refractivity (Wildman–Crippen MR) is 111 cm³/mol. The normalized spacial score (nSPS) is 16.2. The number of carbonyl (C=O) groups is 1. The number of hydrogen-bond acceptors (Lipinski definition) is 6. The molecule has 1 unspecified atom stereocenters. The van der Waals surface area contributed by atoms with Gasteiger partial charge in [-0.05, 0) is 30.2 Å². The summed E-state index contributed by atoms with van der Waals surface area (Å²) in [6.45, 7) is 4.86. The second kappa shape index (κ2) is 7.46. The minimum Gasteiger partial charge on any atom is -0.497 e. The fourth-order valence-corrected chi connectivity index (χ4v) is 3.87. The maximum Gasteiger partial charge on any atom is 0.246 e. The van der Waals surface area contributed by atoms with E-state index in [4.69, 9.17) is 15.2 Å². The number of nitrogen functional groups attached to an aromatic ring is 1. The largest absolute Gasteiger partial charge is 0.497 e. The van der Waals surface area contributed by atoms with Gasteiger partial charge in [0.05, 0.1) is 25.6 Å². The molecule has 0 radical (unpaired) electrons. The average molecular weight is 393 g/mol. The van der Waals surface area contributed by atoms with Crippen LogP contribution in [-0.2, 0) is 4.79 Å². The van der Waals surface area contributed by atoms with Crippen molar-refractivity contribution in [2.75, 3.05) is 33.0 Å². The van der Waals surface area contributed by atoms with Gasteiger partial charge in [0.15, 0.2) is 0 Å². The summed E-state index contributed by atoms with van der Waals surface area (Å²) < 4.78 is 12.9. The third-order valence-corrected chi connectivity index (χ3v) is 5.34. The number of methoxy groups -OCH3 is 2. The number of aromatic nitrogens is 3. The molecular formula is C21H23N5O3. The molecule has 1 amide bonds. The van der Waals surface area contributed by atoms with Gasteiger partial charge in [0.25, 0.3) is 0 Å². The SMILES string of the molecule is C=CC(=O)N1CCC(n2cc(-c3cc(OC)cc(OC)c3)c3c(N)ncnc32)C1. The number of carbonyl (C=O) groups excluding carboxylic acids is 1. The van der Waals surface area contributed by atoms with Crippen LogP contribution >= 0.6 is 0 Å². The van der Waals surface area contributed by atoms with E-state index in [0.29, 0.717) is 30.4 Å². The summed E-state index contributed by atoms with van der Waals surface area (Å²) in [5, 5.41) is 0.774. The minimum absolute atomic E-state index is 0.0594. The van der Waals surface area contributed by atoms with Crippen molar-refractivity contribution in [1.82, 2.24) is 19.4 Å². The molecule has 1 atom stereocenters. The number of benzene rings is 1. The van der Waals surface area contributed by atoms with Crippen molar-refractivity contribution in [1.29, 1.82) is 0 Å². The maximum atomic E-state index is 12.0. The number of nitrogens with two attached hydrogens (primary N) is 1. The van der Waals surface area contributed by atoms with Gasteiger partial charge in [-0.2, -0.15) is 0 Å². The van der Waals surface area contributed by atoms with Crippen LogP contribution in [-0.4, -0.2) is 52.7 Å². The second-order valence-electron chi connectivity index (χ2n) is 6.94. The number of hydrogen-bond donors (Lipinski definition) is 1. The molecule has 2 aromatic heterocycles. The van der Waals surface area contributed by atoms with Crippen LogP contribution < -0.4 is 15.2 Å². The zero-order valence-electron chi connectivity index (χ0n) is 16.5. The zero-order valence-corrected chi connectivity index (χ0v) is 16.5. The molecule has 8 heteroatoms. The molecule has 1 fully saturated rings. The number of fused-ring (bicyclic) bond motifs is 1. The van der Waals surface area contributed by atoms with Crippen LogP contribution in [0.5, 0.6) is 11.5 Å². The van der Waals surface area contributed by atoms with E-state index < -0.39 is 0 Å². The van der Waals surface area contributed by atoms with Crippen molar-refractivity contribution in [3.63, 3.8) is 0 Å². The Bertz CT molecular complexity index is 1070. The summed E-state index contributed by atoms with van der Waals surface area (Å²) in [4.78, 5) is 22.5. The Labute approximate surface area is 168 Å². The van der Waals surface area contributed by atoms with Crippen molar-refractivity contribution >= 4 is 22.8 Å². The van der Waals surface area contributed by atoms with E-state index in [2.05, 4.69) is 21.1 Å². The van der Waals surface area contributed by atoms with Gasteiger partial charge in [-0.3, -0.25) is 4.79 Å². The van der Waals surface area contributed by atoms with Crippen LogP contribution in [0.25, 0.3) is 22.2 Å². The van der Waals surface area contributed by atoms with Crippen molar-refractivity contribution in [2.45, 2.75) is 12.5 Å². The predicted octanol–water partition coefficient (Wildman–Crippen LogP) is 2.66. The Kier molecular flexibility index (Phi) is 4.84. The van der Waals surface area contributed by atoms with Gasteiger partial charge < -0.3 is 24.7 Å². The summed E-state index contributed by atoms with van der Waals surface area (Å²) in [7, 11) is 3.23. The first kappa shape index (κ1) is 18.8. The van der Waals surface area contributed by atoms with Crippen molar-refractivity contribution in [3.8, 4) is 22.6 Å². The third kappa shape index (κ3) is 3.26. The van der Waals surface area contributed by atoms with E-state index in [-0.39, 0.29) is 11.9 Å². The molecule has 29 heavy (non-hydrogen) atoms. The Balaban J connectivity index is 1.85. The summed E-state index contributed by atoms with van der Waals surface area (Å²) in [5.41, 5.74) is 8.77. The molecule has 1 aliphatic rings. The van der Waals surface area contributed by atoms with Crippen LogP contribution in [0.3, 0.4) is 0 Å². The summed E-state index contributed by atoms with van der Waals surface area (Å²) in [6.07, 6.45) is 5.67. The van der Waals surface area contributed by atoms with E-state index in [0.717, 1.165) is 28.6 Å². The molecule has 0 aliphatic carbocycles. The number of ether oxygens (including phenoxy) is 2. The van der Waals surface area contributed by atoms with Gasteiger partial charge in [-0.25, -0.2) is 9.97 Å². The maximum absolute atomic E-state index is 12.0. The first-order valence-electron chi connectivity index (χ1n) is 9.31. The molecule has 0 spiro atoms. The third-order valence-electron chi connectivity index (χ3n) is 5.34. The molecule has 3 aromatic rings. The van der Waals surface area contributed by atoms with Crippen LogP contribution in [0.1, 0.15) is 12.5 Å². The van der Waals surface area contributed by atoms with Gasteiger partial charge in [0, 0.05) is 30.9 Å². The number of amides is 1. The monoisotopic (exact) mass is 393 g/mol. The highest BCUT2D eigenvalue weighted by Crippen LogP contribution is 2.38. The van der Waals surface area contributed by atoms with Crippen LogP contribution in [0.4, 0.5) is 5.82 Å². The van der Waals surface area contributed by atoms with Gasteiger partial charge in [-0.15, -0.1) is 0 Å². The minimum atomic E-state index is -0.0594. The highest BCUT2D eigenvalue weighted by Gasteiger charge is 2.29. The van der Waals surface area contributed by atoms with Gasteiger partial charge in [0.2, 0.25) is 5.91 Å². The van der Waals surface area contributed by atoms with Crippen LogP contribution in [0, 0.1) is 0 Å². The zero-order chi connectivity index (χ0) is 20.5. The highest BCUT2D eigenvalue weighted by molar-refractivity contribution is 6.01. The quantitative estimate of drug-likeness (QED) is 0.670. The van der Waals surface area contributed by atoms with Crippen LogP contribution in [0.15, 0.2) is 43.4 Å². The molecule has 4 rings (SSSR count). The van der Waals surface area contributed by atoms with Crippen molar-refractivity contribution < 1.29 is 14.3 Å². The summed E-state index contributed by atoms with van der Waals surface area (Å²) >= 11 is 0. The Hall–Kier alpha value is -3.55. The average Bonchev–Trinajstić information content (AvgIpc) is 3.38. The fraction of sp³-hybridized carbons (Fsp3) is 0.286. The fourth-order valence-electron chi connectivity index (χ4n) is 3.87. The van der Waals surface area contributed by atoms with Gasteiger partial charge in [-0.1, -0.05) is 6.58 Å². The lowest BCUT2D eigenvalue weighted by atomic mass is 10.1. The molecular weight excluding hydrogens is 370 g/mol. The molecule has 3 heterocycles. The van der Waals surface area contributed by atoms with Crippen molar-refractivity contribution in [3.05, 3.63) is 43.4 Å². The smallest absolute Gasteiger partial charge is 0.246 e. The number of likely N-dealkylation sites (tertiary alicyclic amines) is 1. The van der Waals surface area contributed by atoms with E-state index in [1.54, 1.807) is 19.1 Å². The van der Waals surface area contributed by atoms with E-state index >= 15 is 0 Å². The van der Waals surface area contributed by atoms with Crippen molar-refractivity contribution in [2.24, 2.45) is 0 Å². The summed E-state index contributed by atoms with van der Waals surface area (Å²) in [6, 6.07) is 5.77. The molecule has 2 N–H and O–H groups in total. The lowest BCUT2D eigenvalue weighted by Crippen LogP contribution is -2.27. The van der Waals surface area contributed by atoms with Crippen LogP contribution in [0.2, 0.25) is 0 Å². The Morgan fingerprint density at radius 3 is 2.62 bits per heavy atom. The second-order valence-corrected chi connectivity index (χ2v) is 6.94. The lowest BCUT2D eigenvalue weighted by Gasteiger charge is -2.15. The topological polar surface area (TPSA) is 95.5 Å². The molecule has 8 nitrogen and oxygen atoms in total. The first-order chi connectivity index (χ1) is 14.0. The van der Waals surface area contributed by atoms with E-state index in [1.165, 1.54) is 12.4 Å². The molecule has 0 bridgehead atoms. The highest BCUT2D eigenvalue weighted by atomic mass is 16.5. The molecule has 1 saturated heterocycles. The first-order valence-corrected chi connectivity index (χ1v) is 9.31. The molecule has 1 aliphatic heterocycles.